The predicted molar refractivity (Wildman–Crippen MR) is 97.7 cm³/mol. The average Bonchev–Trinajstić information content (AvgIpc) is 3.15. The molecule has 1 amide bonds. The lowest BCUT2D eigenvalue weighted by atomic mass is 9.75. The third kappa shape index (κ3) is 4.01. The molecule has 5 rings (SSSR count). The van der Waals surface area contributed by atoms with Crippen molar-refractivity contribution in [2.75, 3.05) is 13.1 Å². The summed E-state index contributed by atoms with van der Waals surface area (Å²) in [5, 5.41) is 11.2. The molecule has 144 valence electrons. The lowest BCUT2D eigenvalue weighted by Crippen LogP contribution is -2.58. The molecule has 0 aliphatic carbocycles. The van der Waals surface area contributed by atoms with Crippen molar-refractivity contribution in [1.82, 2.24) is 25.2 Å². The molecule has 4 heterocycles. The summed E-state index contributed by atoms with van der Waals surface area (Å²) >= 11 is 0. The Morgan fingerprint density at radius 1 is 1.33 bits per heavy atom. The first-order valence-corrected chi connectivity index (χ1v) is 9.47. The van der Waals surface area contributed by atoms with Crippen molar-refractivity contribution in [1.29, 1.82) is 0 Å². The van der Waals surface area contributed by atoms with E-state index in [1.807, 2.05) is 10.9 Å². The number of nitrogens with two attached hydrogens (primary N) is 1. The van der Waals surface area contributed by atoms with Gasteiger partial charge in [-0.25, -0.2) is 4.39 Å². The van der Waals surface area contributed by atoms with Crippen molar-refractivity contribution in [3.63, 3.8) is 0 Å². The maximum absolute atomic E-state index is 13.0. The highest BCUT2D eigenvalue weighted by molar-refractivity contribution is 5.79. The fourth-order valence-corrected chi connectivity index (χ4v) is 4.28. The van der Waals surface area contributed by atoms with Crippen molar-refractivity contribution < 1.29 is 9.18 Å². The molecule has 1 aromatic heterocycles. The summed E-state index contributed by atoms with van der Waals surface area (Å²) in [6.45, 7) is 3.42. The summed E-state index contributed by atoms with van der Waals surface area (Å²) in [5.41, 5.74) is 7.30. The minimum absolute atomic E-state index is 0.0193. The Morgan fingerprint density at radius 3 is 2.81 bits per heavy atom. The number of piperidine rings is 3. The third-order valence-corrected chi connectivity index (χ3v) is 5.79. The quantitative estimate of drug-likeness (QED) is 0.787. The van der Waals surface area contributed by atoms with Crippen molar-refractivity contribution >= 4 is 5.91 Å². The van der Waals surface area contributed by atoms with Crippen LogP contribution in [-0.2, 0) is 24.4 Å². The summed E-state index contributed by atoms with van der Waals surface area (Å²) in [4.78, 5) is 15.1. The number of amides is 1. The van der Waals surface area contributed by atoms with E-state index >= 15 is 0 Å². The SMILES string of the molecule is NCc1cn(C[C@H]2C[C@H]3CCN2C[C@@H]3C(=O)NCc2ccc(F)cc2)nn1. The zero-order valence-corrected chi connectivity index (χ0v) is 15.2. The first-order valence-electron chi connectivity index (χ1n) is 9.47. The number of nitrogens with zero attached hydrogens (tertiary/aromatic N) is 4. The van der Waals surface area contributed by atoms with E-state index in [2.05, 4.69) is 20.5 Å². The van der Waals surface area contributed by atoms with Gasteiger partial charge in [0.2, 0.25) is 5.91 Å². The number of carbonyl (C=O) groups is 1. The van der Waals surface area contributed by atoms with Gasteiger partial charge in [-0.3, -0.25) is 14.4 Å². The number of aromatic nitrogens is 3. The molecule has 27 heavy (non-hydrogen) atoms. The molecule has 3 saturated heterocycles. The highest BCUT2D eigenvalue weighted by Gasteiger charge is 2.43. The van der Waals surface area contributed by atoms with Crippen LogP contribution in [0.4, 0.5) is 4.39 Å². The minimum atomic E-state index is -0.264. The second-order valence-electron chi connectivity index (χ2n) is 7.52. The molecule has 3 fully saturated rings. The maximum Gasteiger partial charge on any atom is 0.224 e. The largest absolute Gasteiger partial charge is 0.352 e. The van der Waals surface area contributed by atoms with E-state index in [1.165, 1.54) is 12.1 Å². The van der Waals surface area contributed by atoms with Crippen molar-refractivity contribution in [2.45, 2.75) is 38.5 Å². The maximum atomic E-state index is 13.0. The van der Waals surface area contributed by atoms with Gasteiger partial charge in [-0.1, -0.05) is 17.3 Å². The standard InChI is InChI=1S/C19H25FN6O/c20-15-3-1-13(2-4-15)9-22-19(27)18-12-25-6-5-14(18)7-17(25)11-26-10-16(8-21)23-24-26/h1-4,10,14,17-18H,5-9,11-12,21H2,(H,22,27)/t14-,17-,18+/m1/s1. The second-order valence-corrected chi connectivity index (χ2v) is 7.52. The van der Waals surface area contributed by atoms with Crippen molar-refractivity contribution in [3.8, 4) is 0 Å². The molecule has 2 aromatic rings. The zero-order chi connectivity index (χ0) is 18.8. The van der Waals surface area contributed by atoms with Crippen LogP contribution in [0.15, 0.2) is 30.5 Å². The van der Waals surface area contributed by atoms with E-state index in [0.29, 0.717) is 25.0 Å². The Morgan fingerprint density at radius 2 is 2.15 bits per heavy atom. The Kier molecular flexibility index (Phi) is 5.18. The Hall–Kier alpha value is -2.32. The van der Waals surface area contributed by atoms with Crippen LogP contribution in [0, 0.1) is 17.7 Å². The van der Waals surface area contributed by atoms with Crippen LogP contribution in [-0.4, -0.2) is 44.9 Å². The van der Waals surface area contributed by atoms with Crippen LogP contribution in [0.1, 0.15) is 24.1 Å². The molecule has 0 spiro atoms. The van der Waals surface area contributed by atoms with E-state index in [-0.39, 0.29) is 17.6 Å². The summed E-state index contributed by atoms with van der Waals surface area (Å²) in [6, 6.07) is 6.63. The van der Waals surface area contributed by atoms with Gasteiger partial charge in [-0.15, -0.1) is 5.10 Å². The summed E-state index contributed by atoms with van der Waals surface area (Å²) in [5.74, 6) is 0.245. The number of rotatable bonds is 6. The fraction of sp³-hybridized carbons (Fsp3) is 0.526. The fourth-order valence-electron chi connectivity index (χ4n) is 4.28. The lowest BCUT2D eigenvalue weighted by Gasteiger charge is -2.49. The van der Waals surface area contributed by atoms with E-state index in [4.69, 9.17) is 5.73 Å². The van der Waals surface area contributed by atoms with Gasteiger partial charge in [0.15, 0.2) is 0 Å². The average molecular weight is 372 g/mol. The Bertz CT molecular complexity index is 792. The molecule has 0 saturated carbocycles. The number of halogens is 1. The summed E-state index contributed by atoms with van der Waals surface area (Å²) in [7, 11) is 0. The molecule has 2 bridgehead atoms. The number of carbonyl (C=O) groups excluding carboxylic acids is 1. The Labute approximate surface area is 157 Å². The second kappa shape index (κ2) is 7.74. The smallest absolute Gasteiger partial charge is 0.224 e. The number of fused-ring (bicyclic) bond motifs is 3. The van der Waals surface area contributed by atoms with Crippen molar-refractivity contribution in [2.24, 2.45) is 17.6 Å². The van der Waals surface area contributed by atoms with Gasteiger partial charge in [0.05, 0.1) is 18.2 Å². The normalized spacial score (nSPS) is 26.9. The zero-order valence-electron chi connectivity index (χ0n) is 15.2. The number of benzene rings is 1. The topological polar surface area (TPSA) is 89.1 Å². The summed E-state index contributed by atoms with van der Waals surface area (Å²) < 4.78 is 14.8. The number of hydrogen-bond acceptors (Lipinski definition) is 5. The molecule has 0 radical (unpaired) electrons. The first kappa shape index (κ1) is 18.1. The minimum Gasteiger partial charge on any atom is -0.352 e. The Balaban J connectivity index is 1.32. The molecule has 7 nitrogen and oxygen atoms in total. The highest BCUT2D eigenvalue weighted by atomic mass is 19.1. The first-order chi connectivity index (χ1) is 13.1. The van der Waals surface area contributed by atoms with Gasteiger partial charge in [0.1, 0.15) is 5.82 Å². The van der Waals surface area contributed by atoms with Gasteiger partial charge in [0, 0.05) is 31.9 Å². The molecular weight excluding hydrogens is 347 g/mol. The van der Waals surface area contributed by atoms with Crippen molar-refractivity contribution in [3.05, 3.63) is 47.5 Å². The van der Waals surface area contributed by atoms with E-state index in [9.17, 15) is 9.18 Å². The van der Waals surface area contributed by atoms with E-state index < -0.39 is 0 Å². The predicted octanol–water partition coefficient (Wildman–Crippen LogP) is 0.903. The van der Waals surface area contributed by atoms with Gasteiger partial charge in [0.25, 0.3) is 0 Å². The molecule has 4 atom stereocenters. The lowest BCUT2D eigenvalue weighted by molar-refractivity contribution is -0.133. The van der Waals surface area contributed by atoms with Crippen LogP contribution in [0.25, 0.3) is 0 Å². The molecule has 8 heteroatoms. The number of nitrogens with one attached hydrogen (secondary N) is 1. The molecule has 1 unspecified atom stereocenters. The molecular formula is C19H25FN6O. The van der Waals surface area contributed by atoms with Crippen LogP contribution in [0.5, 0.6) is 0 Å². The van der Waals surface area contributed by atoms with Gasteiger partial charge < -0.3 is 11.1 Å². The van der Waals surface area contributed by atoms with Crippen LogP contribution >= 0.6 is 0 Å². The van der Waals surface area contributed by atoms with Crippen LogP contribution in [0.3, 0.4) is 0 Å². The van der Waals surface area contributed by atoms with Gasteiger partial charge >= 0.3 is 0 Å². The van der Waals surface area contributed by atoms with Crippen LogP contribution < -0.4 is 11.1 Å². The van der Waals surface area contributed by atoms with Gasteiger partial charge in [-0.2, -0.15) is 0 Å². The monoisotopic (exact) mass is 372 g/mol. The van der Waals surface area contributed by atoms with Gasteiger partial charge in [-0.05, 0) is 43.0 Å². The molecule has 3 aliphatic rings. The molecule has 1 aromatic carbocycles. The number of hydrogen-bond donors (Lipinski definition) is 2. The van der Waals surface area contributed by atoms with E-state index in [0.717, 1.165) is 43.7 Å². The third-order valence-electron chi connectivity index (χ3n) is 5.79. The van der Waals surface area contributed by atoms with Crippen LogP contribution in [0.2, 0.25) is 0 Å². The molecule has 3 N–H and O–H groups in total. The summed E-state index contributed by atoms with van der Waals surface area (Å²) in [6.07, 6.45) is 3.94. The molecule has 3 aliphatic heterocycles. The highest BCUT2D eigenvalue weighted by Crippen LogP contribution is 2.36. The van der Waals surface area contributed by atoms with E-state index in [1.54, 1.807) is 12.1 Å².